The normalized spacial score (nSPS) is 11.5. The van der Waals surface area contributed by atoms with Crippen LogP contribution < -0.4 is 10.1 Å². The summed E-state index contributed by atoms with van der Waals surface area (Å²) in [6.07, 6.45) is 1.73. The first-order valence-corrected chi connectivity index (χ1v) is 9.26. The Bertz CT molecular complexity index is 764. The molecule has 0 aliphatic rings. The van der Waals surface area contributed by atoms with Crippen molar-refractivity contribution in [2.45, 2.75) is 32.7 Å². The van der Waals surface area contributed by atoms with Crippen molar-refractivity contribution >= 4 is 23.5 Å². The number of hydrogen-bond donors (Lipinski definition) is 1. The van der Waals surface area contributed by atoms with Crippen LogP contribution in [0.2, 0.25) is 5.02 Å². The van der Waals surface area contributed by atoms with E-state index in [2.05, 4.69) is 12.2 Å². The van der Waals surface area contributed by atoms with E-state index in [0.29, 0.717) is 10.8 Å². The van der Waals surface area contributed by atoms with E-state index < -0.39 is 5.97 Å². The fraction of sp³-hybridized carbons (Fsp3) is 0.333. The summed E-state index contributed by atoms with van der Waals surface area (Å²) in [7, 11) is 0. The zero-order valence-electron chi connectivity index (χ0n) is 15.5. The number of carbonyl (C=O) groups is 2. The summed E-state index contributed by atoms with van der Waals surface area (Å²) in [6, 6.07) is 14.7. The van der Waals surface area contributed by atoms with Gasteiger partial charge in [-0.25, -0.2) is 4.79 Å². The van der Waals surface area contributed by atoms with E-state index in [1.165, 1.54) is 0 Å². The van der Waals surface area contributed by atoms with Crippen molar-refractivity contribution in [3.63, 3.8) is 0 Å². The number of rotatable bonds is 9. The molecule has 0 aliphatic heterocycles. The minimum Gasteiger partial charge on any atom is -0.482 e. The SMILES string of the molecule is CCC[C@H](NC(=O)COC(=O)COc1ccc(Cl)c(C)c1)c1ccccc1. The summed E-state index contributed by atoms with van der Waals surface area (Å²) in [4.78, 5) is 23.9. The monoisotopic (exact) mass is 389 g/mol. The van der Waals surface area contributed by atoms with Crippen LogP contribution in [-0.2, 0) is 14.3 Å². The van der Waals surface area contributed by atoms with Crippen molar-refractivity contribution in [3.8, 4) is 5.75 Å². The molecule has 27 heavy (non-hydrogen) atoms. The van der Waals surface area contributed by atoms with Crippen molar-refractivity contribution in [2.75, 3.05) is 13.2 Å². The topological polar surface area (TPSA) is 64.6 Å². The molecule has 2 aromatic rings. The van der Waals surface area contributed by atoms with E-state index >= 15 is 0 Å². The van der Waals surface area contributed by atoms with Crippen LogP contribution in [0.5, 0.6) is 5.75 Å². The number of amides is 1. The van der Waals surface area contributed by atoms with Crippen molar-refractivity contribution in [3.05, 3.63) is 64.7 Å². The fourth-order valence-corrected chi connectivity index (χ4v) is 2.69. The number of halogens is 1. The zero-order valence-corrected chi connectivity index (χ0v) is 16.3. The second kappa shape index (κ2) is 10.6. The molecule has 0 heterocycles. The van der Waals surface area contributed by atoms with Crippen LogP contribution >= 0.6 is 11.6 Å². The first-order chi connectivity index (χ1) is 13.0. The van der Waals surface area contributed by atoms with Gasteiger partial charge >= 0.3 is 5.97 Å². The highest BCUT2D eigenvalue weighted by molar-refractivity contribution is 6.31. The van der Waals surface area contributed by atoms with E-state index in [9.17, 15) is 9.59 Å². The summed E-state index contributed by atoms with van der Waals surface area (Å²) in [5.41, 5.74) is 1.88. The Kier molecular flexibility index (Phi) is 8.14. The molecular weight excluding hydrogens is 366 g/mol. The highest BCUT2D eigenvalue weighted by Gasteiger charge is 2.15. The van der Waals surface area contributed by atoms with Crippen LogP contribution in [0.15, 0.2) is 48.5 Å². The van der Waals surface area contributed by atoms with Gasteiger partial charge in [0.15, 0.2) is 13.2 Å². The van der Waals surface area contributed by atoms with Gasteiger partial charge in [-0.3, -0.25) is 4.79 Å². The highest BCUT2D eigenvalue weighted by Crippen LogP contribution is 2.21. The number of aryl methyl sites for hydroxylation is 1. The maximum Gasteiger partial charge on any atom is 0.344 e. The lowest BCUT2D eigenvalue weighted by molar-refractivity contribution is -0.150. The second-order valence-electron chi connectivity index (χ2n) is 6.18. The Morgan fingerprint density at radius 2 is 1.85 bits per heavy atom. The predicted molar refractivity (Wildman–Crippen MR) is 105 cm³/mol. The summed E-state index contributed by atoms with van der Waals surface area (Å²) in [5.74, 6) is -0.428. The molecule has 1 amide bonds. The van der Waals surface area contributed by atoms with Crippen LogP contribution in [0.1, 0.15) is 36.9 Å². The van der Waals surface area contributed by atoms with E-state index in [1.807, 2.05) is 37.3 Å². The lowest BCUT2D eigenvalue weighted by Gasteiger charge is -2.18. The Labute approximate surface area is 164 Å². The third kappa shape index (κ3) is 6.94. The first kappa shape index (κ1) is 20.8. The first-order valence-electron chi connectivity index (χ1n) is 8.88. The smallest absolute Gasteiger partial charge is 0.344 e. The average Bonchev–Trinajstić information content (AvgIpc) is 2.67. The highest BCUT2D eigenvalue weighted by atomic mass is 35.5. The number of carbonyl (C=O) groups excluding carboxylic acids is 2. The van der Waals surface area contributed by atoms with Crippen LogP contribution in [0.25, 0.3) is 0 Å². The van der Waals surface area contributed by atoms with Crippen LogP contribution in [0.4, 0.5) is 0 Å². The Balaban J connectivity index is 1.78. The standard InChI is InChI=1S/C21H24ClNO4/c1-3-7-19(16-8-5-4-6-9-16)23-20(24)13-27-21(25)14-26-17-10-11-18(22)15(2)12-17/h4-6,8-12,19H,3,7,13-14H2,1-2H3,(H,23,24)/t19-/m0/s1. The van der Waals surface area contributed by atoms with Gasteiger partial charge in [0, 0.05) is 5.02 Å². The molecule has 0 unspecified atom stereocenters. The van der Waals surface area contributed by atoms with Gasteiger partial charge in [-0.2, -0.15) is 0 Å². The van der Waals surface area contributed by atoms with Gasteiger partial charge in [-0.05, 0) is 42.7 Å². The van der Waals surface area contributed by atoms with Gasteiger partial charge in [-0.15, -0.1) is 0 Å². The third-order valence-electron chi connectivity index (χ3n) is 3.96. The maximum atomic E-state index is 12.1. The molecule has 5 nitrogen and oxygen atoms in total. The van der Waals surface area contributed by atoms with Crippen LogP contribution in [0.3, 0.4) is 0 Å². The molecule has 0 aliphatic carbocycles. The summed E-state index contributed by atoms with van der Waals surface area (Å²) >= 11 is 5.94. The molecule has 0 aromatic heterocycles. The molecule has 2 rings (SSSR count). The third-order valence-corrected chi connectivity index (χ3v) is 4.39. The van der Waals surface area contributed by atoms with Gasteiger partial charge in [0.2, 0.25) is 0 Å². The molecule has 0 saturated carbocycles. The lowest BCUT2D eigenvalue weighted by atomic mass is 10.0. The lowest BCUT2D eigenvalue weighted by Crippen LogP contribution is -2.33. The molecule has 0 fully saturated rings. The predicted octanol–water partition coefficient (Wildman–Crippen LogP) is 4.23. The second-order valence-corrected chi connectivity index (χ2v) is 6.59. The number of esters is 1. The average molecular weight is 390 g/mol. The number of nitrogens with one attached hydrogen (secondary N) is 1. The summed E-state index contributed by atoms with van der Waals surface area (Å²) in [5, 5.41) is 3.53. The van der Waals surface area contributed by atoms with Crippen molar-refractivity contribution in [1.82, 2.24) is 5.32 Å². The molecule has 0 saturated heterocycles. The number of hydrogen-bond acceptors (Lipinski definition) is 4. The quantitative estimate of drug-likeness (QED) is 0.652. The van der Waals surface area contributed by atoms with E-state index in [-0.39, 0.29) is 25.2 Å². The molecule has 2 aromatic carbocycles. The molecule has 6 heteroatoms. The molecule has 0 spiro atoms. The number of ether oxygens (including phenoxy) is 2. The van der Waals surface area contributed by atoms with Crippen molar-refractivity contribution in [1.29, 1.82) is 0 Å². The van der Waals surface area contributed by atoms with Gasteiger partial charge in [0.1, 0.15) is 5.75 Å². The molecule has 0 radical (unpaired) electrons. The Morgan fingerprint density at radius 3 is 2.52 bits per heavy atom. The van der Waals surface area contributed by atoms with Crippen LogP contribution in [0, 0.1) is 6.92 Å². The minimum absolute atomic E-state index is 0.101. The molecule has 0 bridgehead atoms. The van der Waals surface area contributed by atoms with E-state index in [1.54, 1.807) is 18.2 Å². The molecular formula is C21H24ClNO4. The summed E-state index contributed by atoms with van der Waals surface area (Å²) < 4.78 is 10.4. The van der Waals surface area contributed by atoms with Crippen molar-refractivity contribution < 1.29 is 19.1 Å². The molecule has 144 valence electrons. The van der Waals surface area contributed by atoms with Crippen LogP contribution in [-0.4, -0.2) is 25.1 Å². The number of benzene rings is 2. The maximum absolute atomic E-state index is 12.1. The fourth-order valence-electron chi connectivity index (χ4n) is 2.57. The zero-order chi connectivity index (χ0) is 19.6. The van der Waals surface area contributed by atoms with Crippen molar-refractivity contribution in [2.24, 2.45) is 0 Å². The Morgan fingerprint density at radius 1 is 1.11 bits per heavy atom. The molecule has 1 N–H and O–H groups in total. The van der Waals surface area contributed by atoms with Gasteiger partial charge in [-0.1, -0.05) is 55.3 Å². The van der Waals surface area contributed by atoms with Gasteiger partial charge in [0.05, 0.1) is 6.04 Å². The largest absolute Gasteiger partial charge is 0.482 e. The van der Waals surface area contributed by atoms with Gasteiger partial charge < -0.3 is 14.8 Å². The van der Waals surface area contributed by atoms with Gasteiger partial charge in [0.25, 0.3) is 5.91 Å². The Hall–Kier alpha value is -2.53. The molecule has 1 atom stereocenters. The van der Waals surface area contributed by atoms with E-state index in [0.717, 1.165) is 24.0 Å². The minimum atomic E-state index is -0.607. The van der Waals surface area contributed by atoms with E-state index in [4.69, 9.17) is 21.1 Å². The summed E-state index contributed by atoms with van der Waals surface area (Å²) in [6.45, 7) is 3.29.